The molecule has 50 valence electrons. The minimum Gasteiger partial charge on any atom is -0.343 e. The smallest absolute Gasteiger partial charge is 0.183 e. The Kier molecular flexibility index (Phi) is 4.53. The predicted molar refractivity (Wildman–Crippen MR) is 49.0 cm³/mol. The molecule has 0 spiro atoms. The molecule has 0 aromatic heterocycles. The summed E-state index contributed by atoms with van der Waals surface area (Å²) in [6.45, 7) is 1.88. The number of likely N-dealkylation sites (N-methyl/N-ethyl adjacent to an activating group) is 1. The highest BCUT2D eigenvalue weighted by atomic mass is 32.1. The molecular formula is C5H10BNS2. The van der Waals surface area contributed by atoms with E-state index in [9.17, 15) is 0 Å². The van der Waals surface area contributed by atoms with Crippen LogP contribution in [0.1, 0.15) is 6.92 Å². The van der Waals surface area contributed by atoms with Crippen molar-refractivity contribution in [3.63, 3.8) is 0 Å². The monoisotopic (exact) mass is 159 g/mol. The molecule has 0 bridgehead atoms. The van der Waals surface area contributed by atoms with Gasteiger partial charge < -0.3 is 4.81 Å². The summed E-state index contributed by atoms with van der Waals surface area (Å²) >= 11 is 8.20. The maximum absolute atomic E-state index is 5.36. The molecule has 4 heteroatoms. The van der Waals surface area contributed by atoms with Crippen LogP contribution >= 0.6 is 25.3 Å². The summed E-state index contributed by atoms with van der Waals surface area (Å²) < 4.78 is 0. The van der Waals surface area contributed by atoms with Gasteiger partial charge >= 0.3 is 0 Å². The number of rotatable bonds is 2. The zero-order valence-corrected chi connectivity index (χ0v) is 7.36. The number of thiol groups is 2. The molecule has 0 fully saturated rings. The average molecular weight is 159 g/mol. The predicted octanol–water partition coefficient (Wildman–Crippen LogP) is 1.09. The molecule has 0 aliphatic rings. The molecule has 0 rings (SSSR count). The number of hydrogen-bond donors (Lipinski definition) is 2. The van der Waals surface area contributed by atoms with Crippen molar-refractivity contribution in [2.75, 3.05) is 7.05 Å². The maximum atomic E-state index is 5.36. The van der Waals surface area contributed by atoms with Crippen molar-refractivity contribution in [2.24, 2.45) is 0 Å². The Hall–Kier alpha value is 0.465. The third-order valence-corrected chi connectivity index (χ3v) is 1.47. The Morgan fingerprint density at radius 1 is 1.78 bits per heavy atom. The van der Waals surface area contributed by atoms with Crippen molar-refractivity contribution < 1.29 is 0 Å². The summed E-state index contributed by atoms with van der Waals surface area (Å²) in [7, 11) is 7.12. The summed E-state index contributed by atoms with van der Waals surface area (Å²) in [6, 6.07) is 0. The third-order valence-electron chi connectivity index (χ3n) is 0.808. The Balaban J connectivity index is 3.76. The van der Waals surface area contributed by atoms with Crippen LogP contribution < -0.4 is 0 Å². The lowest BCUT2D eigenvalue weighted by atomic mass is 10.3. The van der Waals surface area contributed by atoms with E-state index in [1.807, 2.05) is 13.0 Å². The summed E-state index contributed by atoms with van der Waals surface area (Å²) in [5.74, 6) is 0. The Bertz CT molecular complexity index is 110. The van der Waals surface area contributed by atoms with Crippen molar-refractivity contribution in [3.05, 3.63) is 11.0 Å². The van der Waals surface area contributed by atoms with Crippen LogP contribution in [0.2, 0.25) is 0 Å². The van der Waals surface area contributed by atoms with Gasteiger partial charge in [-0.25, -0.2) is 0 Å². The van der Waals surface area contributed by atoms with Gasteiger partial charge in [-0.15, -0.1) is 12.6 Å². The van der Waals surface area contributed by atoms with Crippen LogP contribution in [0.3, 0.4) is 0 Å². The number of hydrogen-bond acceptors (Lipinski definition) is 3. The summed E-state index contributed by atoms with van der Waals surface area (Å²) in [6.07, 6.45) is 1.85. The van der Waals surface area contributed by atoms with Crippen molar-refractivity contribution in [1.29, 1.82) is 0 Å². The van der Waals surface area contributed by atoms with E-state index in [2.05, 4.69) is 25.3 Å². The standard InChI is InChI=1S/C5H10BNS2/c1-4(8)3-5(9)7(2)6/h3,5,8-9H,1-2H3/b4-3+. The third kappa shape index (κ3) is 4.94. The largest absolute Gasteiger partial charge is 0.343 e. The number of allylic oxidation sites excluding steroid dienone is 1. The van der Waals surface area contributed by atoms with Gasteiger partial charge in [0.1, 0.15) is 0 Å². The van der Waals surface area contributed by atoms with E-state index in [0.717, 1.165) is 4.91 Å². The van der Waals surface area contributed by atoms with E-state index in [-0.39, 0.29) is 5.37 Å². The van der Waals surface area contributed by atoms with Gasteiger partial charge in [-0.05, 0) is 25.0 Å². The molecule has 0 aliphatic heterocycles. The van der Waals surface area contributed by atoms with E-state index < -0.39 is 0 Å². The van der Waals surface area contributed by atoms with Gasteiger partial charge in [0.25, 0.3) is 0 Å². The van der Waals surface area contributed by atoms with E-state index in [4.69, 9.17) is 7.98 Å². The molecule has 0 saturated heterocycles. The fourth-order valence-electron chi connectivity index (χ4n) is 0.333. The first-order valence-electron chi connectivity index (χ1n) is 2.57. The van der Waals surface area contributed by atoms with E-state index >= 15 is 0 Å². The zero-order valence-electron chi connectivity index (χ0n) is 5.57. The Labute approximate surface area is 68.8 Å². The van der Waals surface area contributed by atoms with Gasteiger partial charge in [0, 0.05) is 0 Å². The topological polar surface area (TPSA) is 3.24 Å². The fourth-order valence-corrected chi connectivity index (χ4v) is 0.816. The van der Waals surface area contributed by atoms with Crippen LogP contribution in [-0.4, -0.2) is 25.2 Å². The van der Waals surface area contributed by atoms with Gasteiger partial charge in [0.05, 0.1) is 5.37 Å². The first-order valence-corrected chi connectivity index (χ1v) is 3.53. The lowest BCUT2D eigenvalue weighted by molar-refractivity contribution is 0.578. The first kappa shape index (κ1) is 9.46. The second-order valence-electron chi connectivity index (χ2n) is 1.89. The maximum Gasteiger partial charge on any atom is 0.183 e. The van der Waals surface area contributed by atoms with Crippen molar-refractivity contribution >= 4 is 33.2 Å². The van der Waals surface area contributed by atoms with Crippen LogP contribution in [-0.2, 0) is 0 Å². The Morgan fingerprint density at radius 3 is 2.33 bits per heavy atom. The molecule has 0 heterocycles. The van der Waals surface area contributed by atoms with Crippen molar-refractivity contribution in [2.45, 2.75) is 12.3 Å². The molecule has 0 amide bonds. The SMILES string of the molecule is [B]N(C)C(S)/C=C(\C)S. The highest BCUT2D eigenvalue weighted by Gasteiger charge is 1.98. The van der Waals surface area contributed by atoms with Gasteiger partial charge in [-0.3, -0.25) is 0 Å². The molecule has 0 N–H and O–H groups in total. The summed E-state index contributed by atoms with van der Waals surface area (Å²) in [5, 5.41) is -0.0394. The molecule has 2 radical (unpaired) electrons. The zero-order chi connectivity index (χ0) is 7.44. The van der Waals surface area contributed by atoms with E-state index in [0.29, 0.717) is 0 Å². The molecule has 0 aromatic rings. The molecule has 0 aliphatic carbocycles. The highest BCUT2D eigenvalue weighted by Crippen LogP contribution is 2.06. The lowest BCUT2D eigenvalue weighted by Gasteiger charge is -2.15. The van der Waals surface area contributed by atoms with E-state index in [1.54, 1.807) is 7.05 Å². The second-order valence-corrected chi connectivity index (χ2v) is 3.12. The summed E-state index contributed by atoms with van der Waals surface area (Å²) in [5.41, 5.74) is 0. The minimum atomic E-state index is -0.0394. The molecule has 9 heavy (non-hydrogen) atoms. The average Bonchev–Trinajstić information content (AvgIpc) is 1.63. The van der Waals surface area contributed by atoms with Crippen LogP contribution in [0.4, 0.5) is 0 Å². The minimum absolute atomic E-state index is 0.0394. The van der Waals surface area contributed by atoms with Gasteiger partial charge in [-0.1, -0.05) is 0 Å². The van der Waals surface area contributed by atoms with Gasteiger partial charge in [0.2, 0.25) is 0 Å². The molecule has 0 aromatic carbocycles. The first-order chi connectivity index (χ1) is 4.04. The normalized spacial score (nSPS) is 16.3. The molecule has 0 saturated carbocycles. The lowest BCUT2D eigenvalue weighted by Crippen LogP contribution is -2.21. The van der Waals surface area contributed by atoms with Crippen molar-refractivity contribution in [1.82, 2.24) is 4.81 Å². The van der Waals surface area contributed by atoms with Gasteiger partial charge in [-0.2, -0.15) is 12.6 Å². The van der Waals surface area contributed by atoms with Crippen molar-refractivity contribution in [3.8, 4) is 0 Å². The van der Waals surface area contributed by atoms with Crippen LogP contribution in [0.5, 0.6) is 0 Å². The van der Waals surface area contributed by atoms with Crippen LogP contribution in [0.25, 0.3) is 0 Å². The quantitative estimate of drug-likeness (QED) is 0.346. The van der Waals surface area contributed by atoms with Crippen LogP contribution in [0.15, 0.2) is 11.0 Å². The fraction of sp³-hybridized carbons (Fsp3) is 0.600. The molecule has 1 unspecified atom stereocenters. The number of nitrogens with zero attached hydrogens (tertiary/aromatic N) is 1. The molecule has 1 atom stereocenters. The van der Waals surface area contributed by atoms with Crippen LogP contribution in [0, 0.1) is 0 Å². The molecular weight excluding hydrogens is 149 g/mol. The van der Waals surface area contributed by atoms with E-state index in [1.165, 1.54) is 4.81 Å². The second kappa shape index (κ2) is 4.31. The van der Waals surface area contributed by atoms with Gasteiger partial charge in [0.15, 0.2) is 7.98 Å². The summed E-state index contributed by atoms with van der Waals surface area (Å²) in [4.78, 5) is 2.43. The highest BCUT2D eigenvalue weighted by molar-refractivity contribution is 7.84. The Morgan fingerprint density at radius 2 is 2.22 bits per heavy atom. The molecule has 1 nitrogen and oxygen atoms in total.